The fourth-order valence-electron chi connectivity index (χ4n) is 2.68. The average molecular weight is 417 g/mol. The molecule has 1 aromatic heterocycles. The SMILES string of the molecule is Cc1cccc(OCCCNC(=O)Cn2c(-c3ccc(Cl)cc3)n[nH]c2=S)c1. The standard InChI is InChI=1S/C20H21ClN4O2S/c1-14-4-2-5-17(12-14)27-11-3-10-22-18(26)13-25-19(23-24-20(25)28)15-6-8-16(21)9-7-15/h2,4-9,12H,3,10-11,13H2,1H3,(H,22,26)(H,24,28). The molecule has 3 rings (SSSR count). The monoisotopic (exact) mass is 416 g/mol. The van der Waals surface area contributed by atoms with Crippen molar-refractivity contribution >= 4 is 29.7 Å². The maximum atomic E-state index is 12.3. The summed E-state index contributed by atoms with van der Waals surface area (Å²) in [5, 5.41) is 10.5. The van der Waals surface area contributed by atoms with E-state index in [0.29, 0.717) is 35.2 Å². The molecule has 1 heterocycles. The first-order valence-corrected chi connectivity index (χ1v) is 9.69. The number of amides is 1. The first kappa shape index (κ1) is 20.1. The third-order valence-corrected chi connectivity index (χ3v) is 4.63. The number of carbonyl (C=O) groups excluding carboxylic acids is 1. The molecule has 146 valence electrons. The minimum Gasteiger partial charge on any atom is -0.494 e. The highest BCUT2D eigenvalue weighted by molar-refractivity contribution is 7.71. The van der Waals surface area contributed by atoms with E-state index < -0.39 is 0 Å². The van der Waals surface area contributed by atoms with Gasteiger partial charge in [-0.2, -0.15) is 5.10 Å². The van der Waals surface area contributed by atoms with Crippen LogP contribution in [0.25, 0.3) is 11.4 Å². The van der Waals surface area contributed by atoms with Gasteiger partial charge in [-0.3, -0.25) is 14.5 Å². The summed E-state index contributed by atoms with van der Waals surface area (Å²) in [7, 11) is 0. The summed E-state index contributed by atoms with van der Waals surface area (Å²) in [6, 6.07) is 15.1. The Morgan fingerprint density at radius 2 is 2.07 bits per heavy atom. The second kappa shape index (κ2) is 9.52. The molecule has 0 saturated heterocycles. The molecule has 0 aliphatic carbocycles. The fourth-order valence-corrected chi connectivity index (χ4v) is 3.00. The number of carbonyl (C=O) groups is 1. The van der Waals surface area contributed by atoms with E-state index in [-0.39, 0.29) is 12.5 Å². The molecule has 0 aliphatic rings. The van der Waals surface area contributed by atoms with Gasteiger partial charge in [-0.25, -0.2) is 0 Å². The number of aromatic nitrogens is 3. The normalized spacial score (nSPS) is 10.6. The first-order chi connectivity index (χ1) is 13.5. The van der Waals surface area contributed by atoms with Crippen molar-refractivity contribution in [3.63, 3.8) is 0 Å². The third-order valence-electron chi connectivity index (χ3n) is 4.06. The van der Waals surface area contributed by atoms with E-state index in [2.05, 4.69) is 15.5 Å². The quantitative estimate of drug-likeness (QED) is 0.427. The van der Waals surface area contributed by atoms with Crippen molar-refractivity contribution in [3.05, 3.63) is 63.9 Å². The Labute approximate surface area is 173 Å². The molecule has 6 nitrogen and oxygen atoms in total. The lowest BCUT2D eigenvalue weighted by Crippen LogP contribution is -2.29. The van der Waals surface area contributed by atoms with Crippen molar-refractivity contribution in [2.75, 3.05) is 13.2 Å². The van der Waals surface area contributed by atoms with Crippen LogP contribution in [0.5, 0.6) is 5.75 Å². The molecule has 3 aromatic rings. The summed E-state index contributed by atoms with van der Waals surface area (Å²) in [6.45, 7) is 3.16. The van der Waals surface area contributed by atoms with Crippen LogP contribution in [-0.2, 0) is 11.3 Å². The number of hydrogen-bond donors (Lipinski definition) is 2. The van der Waals surface area contributed by atoms with Gasteiger partial charge in [0.25, 0.3) is 0 Å². The summed E-state index contributed by atoms with van der Waals surface area (Å²) < 4.78 is 7.74. The van der Waals surface area contributed by atoms with E-state index in [9.17, 15) is 4.79 Å². The van der Waals surface area contributed by atoms with E-state index in [4.69, 9.17) is 28.6 Å². The molecule has 0 spiro atoms. The van der Waals surface area contributed by atoms with Crippen LogP contribution in [-0.4, -0.2) is 33.8 Å². The summed E-state index contributed by atoms with van der Waals surface area (Å²) in [6.07, 6.45) is 0.709. The number of H-pyrrole nitrogens is 1. The van der Waals surface area contributed by atoms with Crippen molar-refractivity contribution in [2.45, 2.75) is 19.9 Å². The second-order valence-electron chi connectivity index (χ2n) is 6.31. The molecule has 0 fully saturated rings. The average Bonchev–Trinajstić information content (AvgIpc) is 3.03. The van der Waals surface area contributed by atoms with Crippen molar-refractivity contribution in [1.82, 2.24) is 20.1 Å². The minimum absolute atomic E-state index is 0.0893. The zero-order chi connectivity index (χ0) is 19.9. The Bertz CT molecular complexity index is 998. The van der Waals surface area contributed by atoms with E-state index in [1.165, 1.54) is 0 Å². The Morgan fingerprint density at radius 1 is 1.29 bits per heavy atom. The number of nitrogens with zero attached hydrogens (tertiary/aromatic N) is 2. The van der Waals surface area contributed by atoms with E-state index in [1.807, 2.05) is 43.3 Å². The van der Waals surface area contributed by atoms with Crippen molar-refractivity contribution in [3.8, 4) is 17.1 Å². The topological polar surface area (TPSA) is 71.9 Å². The maximum Gasteiger partial charge on any atom is 0.240 e. The van der Waals surface area contributed by atoms with Crippen LogP contribution in [0, 0.1) is 11.7 Å². The lowest BCUT2D eigenvalue weighted by atomic mass is 10.2. The summed E-state index contributed by atoms with van der Waals surface area (Å²) >= 11 is 11.2. The van der Waals surface area contributed by atoms with Gasteiger partial charge in [0.1, 0.15) is 12.3 Å². The molecule has 0 radical (unpaired) electrons. The minimum atomic E-state index is -0.136. The van der Waals surface area contributed by atoms with E-state index in [0.717, 1.165) is 16.9 Å². The molecule has 0 saturated carbocycles. The predicted octanol–water partition coefficient (Wildman–Crippen LogP) is 4.15. The van der Waals surface area contributed by atoms with Crippen LogP contribution in [0.4, 0.5) is 0 Å². The smallest absolute Gasteiger partial charge is 0.240 e. The van der Waals surface area contributed by atoms with Crippen LogP contribution in [0.2, 0.25) is 5.02 Å². The van der Waals surface area contributed by atoms with Crippen LogP contribution < -0.4 is 10.1 Å². The Kier molecular flexibility index (Phi) is 6.84. The van der Waals surface area contributed by atoms with E-state index in [1.54, 1.807) is 16.7 Å². The highest BCUT2D eigenvalue weighted by atomic mass is 35.5. The molecular weight excluding hydrogens is 396 g/mol. The van der Waals surface area contributed by atoms with Crippen LogP contribution in [0.1, 0.15) is 12.0 Å². The van der Waals surface area contributed by atoms with E-state index >= 15 is 0 Å². The molecule has 8 heteroatoms. The molecule has 2 aromatic carbocycles. The summed E-state index contributed by atoms with van der Waals surface area (Å²) in [5.41, 5.74) is 1.98. The van der Waals surface area contributed by atoms with Gasteiger partial charge in [0.2, 0.25) is 5.91 Å². The molecule has 0 aliphatic heterocycles. The lowest BCUT2D eigenvalue weighted by Gasteiger charge is -2.09. The number of rotatable bonds is 8. The molecule has 2 N–H and O–H groups in total. The highest BCUT2D eigenvalue weighted by Crippen LogP contribution is 2.19. The van der Waals surface area contributed by atoms with Gasteiger partial charge in [0.05, 0.1) is 6.61 Å². The number of aryl methyl sites for hydroxylation is 1. The zero-order valence-electron chi connectivity index (χ0n) is 15.4. The van der Waals surface area contributed by atoms with Crippen LogP contribution >= 0.6 is 23.8 Å². The van der Waals surface area contributed by atoms with Gasteiger partial charge < -0.3 is 10.1 Å². The molecule has 0 unspecified atom stereocenters. The maximum absolute atomic E-state index is 12.3. The zero-order valence-corrected chi connectivity index (χ0v) is 17.0. The van der Waals surface area contributed by atoms with Gasteiger partial charge >= 0.3 is 0 Å². The lowest BCUT2D eigenvalue weighted by molar-refractivity contribution is -0.121. The van der Waals surface area contributed by atoms with Crippen molar-refractivity contribution in [1.29, 1.82) is 0 Å². The third kappa shape index (κ3) is 5.43. The predicted molar refractivity (Wildman–Crippen MR) is 112 cm³/mol. The first-order valence-electron chi connectivity index (χ1n) is 8.90. The fraction of sp³-hybridized carbons (Fsp3) is 0.250. The molecule has 0 atom stereocenters. The molecule has 1 amide bonds. The molecule has 0 bridgehead atoms. The van der Waals surface area contributed by atoms with Gasteiger partial charge in [-0.15, -0.1) is 0 Å². The highest BCUT2D eigenvalue weighted by Gasteiger charge is 2.12. The van der Waals surface area contributed by atoms with Crippen LogP contribution in [0.15, 0.2) is 48.5 Å². The molecular formula is C20H21ClN4O2S. The van der Waals surface area contributed by atoms with Gasteiger partial charge in [-0.05, 0) is 67.5 Å². The number of benzene rings is 2. The number of hydrogen-bond acceptors (Lipinski definition) is 4. The number of ether oxygens (including phenoxy) is 1. The summed E-state index contributed by atoms with van der Waals surface area (Å²) in [4.78, 5) is 12.3. The van der Waals surface area contributed by atoms with Crippen molar-refractivity contribution in [2.24, 2.45) is 0 Å². The van der Waals surface area contributed by atoms with Gasteiger partial charge in [0, 0.05) is 17.1 Å². The Morgan fingerprint density at radius 3 is 2.82 bits per heavy atom. The van der Waals surface area contributed by atoms with Gasteiger partial charge in [0.15, 0.2) is 10.6 Å². The largest absolute Gasteiger partial charge is 0.494 e. The summed E-state index contributed by atoms with van der Waals surface area (Å²) in [5.74, 6) is 1.30. The van der Waals surface area contributed by atoms with Crippen molar-refractivity contribution < 1.29 is 9.53 Å². The Hall–Kier alpha value is -2.64. The second-order valence-corrected chi connectivity index (χ2v) is 7.14. The Balaban J connectivity index is 1.49. The molecule has 28 heavy (non-hydrogen) atoms. The van der Waals surface area contributed by atoms with Gasteiger partial charge in [-0.1, -0.05) is 23.7 Å². The number of nitrogens with one attached hydrogen (secondary N) is 2. The number of aromatic amines is 1. The van der Waals surface area contributed by atoms with Crippen LogP contribution in [0.3, 0.4) is 0 Å². The number of halogens is 1.